The van der Waals surface area contributed by atoms with Gasteiger partial charge in [0, 0.05) is 12.8 Å². The molecule has 6 heteroatoms. The molecule has 526 valence electrons. The van der Waals surface area contributed by atoms with Crippen LogP contribution in [0.1, 0.15) is 489 Å². The molecule has 0 saturated carbocycles. The van der Waals surface area contributed by atoms with E-state index in [1.54, 1.807) is 0 Å². The minimum absolute atomic E-state index is 0.0245. The molecule has 0 heterocycles. The van der Waals surface area contributed by atoms with E-state index < -0.39 is 12.1 Å². The molecule has 0 radical (unpaired) electrons. The van der Waals surface area contributed by atoms with Gasteiger partial charge >= 0.3 is 5.97 Å². The number of rotatable bonds is 79. The first-order valence-electron chi connectivity index (χ1n) is 41.3. The van der Waals surface area contributed by atoms with Crippen molar-refractivity contribution in [2.75, 3.05) is 13.2 Å². The van der Waals surface area contributed by atoms with E-state index in [0.29, 0.717) is 25.9 Å². The molecule has 6 nitrogen and oxygen atoms in total. The molecule has 2 atom stereocenters. The van der Waals surface area contributed by atoms with Crippen LogP contribution in [0.3, 0.4) is 0 Å². The number of carbonyl (C=O) groups excluding carboxylic acids is 2. The van der Waals surface area contributed by atoms with Gasteiger partial charge in [-0.3, -0.25) is 9.59 Å². The lowest BCUT2D eigenvalue weighted by Crippen LogP contribution is -2.45. The van der Waals surface area contributed by atoms with Gasteiger partial charge in [0.2, 0.25) is 5.91 Å². The Morgan fingerprint density at radius 1 is 0.273 bits per heavy atom. The van der Waals surface area contributed by atoms with E-state index in [9.17, 15) is 19.8 Å². The van der Waals surface area contributed by atoms with Gasteiger partial charge in [0.15, 0.2) is 0 Å². The zero-order chi connectivity index (χ0) is 63.5. The predicted octanol–water partition coefficient (Wildman–Crippen LogP) is 27.3. The second-order valence-corrected chi connectivity index (χ2v) is 28.8. The van der Waals surface area contributed by atoms with Crippen LogP contribution in [0, 0.1) is 0 Å². The highest BCUT2D eigenvalue weighted by Crippen LogP contribution is 2.21. The van der Waals surface area contributed by atoms with E-state index in [4.69, 9.17) is 4.74 Å². The van der Waals surface area contributed by atoms with Crippen LogP contribution in [0.4, 0.5) is 0 Å². The van der Waals surface area contributed by atoms with Crippen LogP contribution in [0.2, 0.25) is 0 Å². The second kappa shape index (κ2) is 78.3. The number of hydrogen-bond acceptors (Lipinski definition) is 5. The number of aliphatic hydroxyl groups excluding tert-OH is 2. The fraction of sp³-hybridized carbons (Fsp3) is 0.976. The first-order valence-corrected chi connectivity index (χ1v) is 41.3. The molecule has 0 aromatic heterocycles. The Morgan fingerprint density at radius 2 is 0.466 bits per heavy atom. The van der Waals surface area contributed by atoms with Crippen LogP contribution in [-0.4, -0.2) is 47.4 Å². The van der Waals surface area contributed by atoms with Crippen molar-refractivity contribution in [2.24, 2.45) is 0 Å². The van der Waals surface area contributed by atoms with Crippen LogP contribution in [-0.2, 0) is 14.3 Å². The molecule has 0 aromatic rings. The summed E-state index contributed by atoms with van der Waals surface area (Å²) < 4.78 is 5.53. The lowest BCUT2D eigenvalue weighted by molar-refractivity contribution is -0.143. The van der Waals surface area contributed by atoms with Crippen molar-refractivity contribution < 1.29 is 24.5 Å². The van der Waals surface area contributed by atoms with E-state index in [0.717, 1.165) is 38.5 Å². The van der Waals surface area contributed by atoms with Crippen LogP contribution < -0.4 is 5.32 Å². The van der Waals surface area contributed by atoms with Crippen molar-refractivity contribution in [1.82, 2.24) is 5.32 Å². The Kier molecular flexibility index (Phi) is 77.3. The first kappa shape index (κ1) is 86.9. The molecule has 88 heavy (non-hydrogen) atoms. The maximum atomic E-state index is 12.5. The number of carbonyl (C=O) groups is 2. The zero-order valence-electron chi connectivity index (χ0n) is 60.5. The lowest BCUT2D eigenvalue weighted by atomic mass is 10.0. The van der Waals surface area contributed by atoms with E-state index >= 15 is 0 Å². The number of aliphatic hydroxyl groups is 2. The molecule has 0 aliphatic rings. The van der Waals surface area contributed by atoms with Gasteiger partial charge in [0.1, 0.15) is 0 Å². The summed E-state index contributed by atoms with van der Waals surface area (Å²) in [7, 11) is 0. The second-order valence-electron chi connectivity index (χ2n) is 28.8. The van der Waals surface area contributed by atoms with Crippen LogP contribution in [0.15, 0.2) is 0 Å². The average Bonchev–Trinajstić information content (AvgIpc) is 3.58. The van der Waals surface area contributed by atoms with E-state index in [1.807, 2.05) is 0 Å². The van der Waals surface area contributed by atoms with Crippen molar-refractivity contribution in [3.63, 3.8) is 0 Å². The van der Waals surface area contributed by atoms with Gasteiger partial charge in [0.25, 0.3) is 0 Å². The highest BCUT2D eigenvalue weighted by Gasteiger charge is 2.20. The summed E-state index contributed by atoms with van der Waals surface area (Å²) in [5, 5.41) is 23.4. The van der Waals surface area contributed by atoms with Crippen molar-refractivity contribution in [1.29, 1.82) is 0 Å². The molecule has 0 spiro atoms. The van der Waals surface area contributed by atoms with Crippen LogP contribution in [0.5, 0.6) is 0 Å². The Hall–Kier alpha value is -1.14. The standard InChI is InChI=1S/C82H163NO5/c1-3-5-7-9-11-13-15-17-19-21-39-44-48-52-56-60-64-68-72-76-82(87)88-77-73-69-65-61-57-53-49-45-41-38-36-34-32-30-28-26-24-22-23-25-27-29-31-33-35-37-40-43-47-51-55-59-63-67-71-75-81(86)83-79(78-84)80(85)74-70-66-62-58-54-50-46-42-20-18-16-14-12-10-8-6-4-2/h79-80,84-85H,3-78H2,1-2H3,(H,83,86). The first-order chi connectivity index (χ1) is 43.5. The third-order valence-corrected chi connectivity index (χ3v) is 19.9. The summed E-state index contributed by atoms with van der Waals surface area (Å²) in [5.41, 5.74) is 0. The Labute approximate surface area is 553 Å². The van der Waals surface area contributed by atoms with Crippen molar-refractivity contribution >= 4 is 11.9 Å². The predicted molar refractivity (Wildman–Crippen MR) is 389 cm³/mol. The van der Waals surface area contributed by atoms with Gasteiger partial charge in [-0.25, -0.2) is 0 Å². The lowest BCUT2D eigenvalue weighted by Gasteiger charge is -2.22. The molecule has 0 aromatic carbocycles. The monoisotopic (exact) mass is 1240 g/mol. The maximum Gasteiger partial charge on any atom is 0.305 e. The highest BCUT2D eigenvalue weighted by molar-refractivity contribution is 5.76. The summed E-state index contributed by atoms with van der Waals surface area (Å²) in [6.07, 6.45) is 97.9. The Bertz CT molecular complexity index is 1290. The molecular formula is C82H163NO5. The summed E-state index contributed by atoms with van der Waals surface area (Å²) in [6, 6.07) is -0.537. The minimum Gasteiger partial charge on any atom is -0.466 e. The molecule has 0 aliphatic heterocycles. The molecule has 1 amide bonds. The van der Waals surface area contributed by atoms with Gasteiger partial charge in [-0.05, 0) is 25.7 Å². The zero-order valence-corrected chi connectivity index (χ0v) is 60.5. The number of unbranched alkanes of at least 4 members (excludes halogenated alkanes) is 68. The largest absolute Gasteiger partial charge is 0.466 e. The molecule has 0 aliphatic carbocycles. The third-order valence-electron chi connectivity index (χ3n) is 19.9. The number of amides is 1. The van der Waals surface area contributed by atoms with E-state index in [1.165, 1.54) is 417 Å². The van der Waals surface area contributed by atoms with Crippen LogP contribution in [0.25, 0.3) is 0 Å². The Morgan fingerprint density at radius 3 is 0.693 bits per heavy atom. The third kappa shape index (κ3) is 73.9. The van der Waals surface area contributed by atoms with E-state index in [2.05, 4.69) is 19.2 Å². The Balaban J connectivity index is 3.28. The fourth-order valence-corrected chi connectivity index (χ4v) is 13.6. The topological polar surface area (TPSA) is 95.9 Å². The van der Waals surface area contributed by atoms with Gasteiger partial charge in [-0.1, -0.05) is 450 Å². The average molecular weight is 1240 g/mol. The molecule has 3 N–H and O–H groups in total. The van der Waals surface area contributed by atoms with Gasteiger partial charge in [0.05, 0.1) is 25.4 Å². The highest BCUT2D eigenvalue weighted by atomic mass is 16.5. The summed E-state index contributed by atoms with van der Waals surface area (Å²) >= 11 is 0. The van der Waals surface area contributed by atoms with Gasteiger partial charge in [-0.15, -0.1) is 0 Å². The maximum absolute atomic E-state index is 12.5. The number of nitrogens with one attached hydrogen (secondary N) is 1. The fourth-order valence-electron chi connectivity index (χ4n) is 13.6. The minimum atomic E-state index is -0.660. The number of hydrogen-bond donors (Lipinski definition) is 3. The summed E-state index contributed by atoms with van der Waals surface area (Å²) in [5.74, 6) is 0.00453. The molecule has 0 rings (SSSR count). The van der Waals surface area contributed by atoms with Crippen molar-refractivity contribution in [3.8, 4) is 0 Å². The molecule has 2 unspecified atom stereocenters. The van der Waals surface area contributed by atoms with Gasteiger partial charge < -0.3 is 20.3 Å². The number of ether oxygens (including phenoxy) is 1. The SMILES string of the molecule is CCCCCCCCCCCCCCCCCCCCCC(=O)OCCCCCCCCCCCCCCCCCCCCCCCCCCCCCCCCCCCCCC(=O)NC(CO)C(O)CCCCCCCCCCCCCCCCCCC. The number of esters is 1. The quantitative estimate of drug-likeness (QED) is 0.0417. The van der Waals surface area contributed by atoms with Crippen molar-refractivity contribution in [3.05, 3.63) is 0 Å². The van der Waals surface area contributed by atoms with Crippen molar-refractivity contribution in [2.45, 2.75) is 501 Å². The normalized spacial score (nSPS) is 12.4. The molecule has 0 saturated heterocycles. The van der Waals surface area contributed by atoms with Crippen LogP contribution >= 0.6 is 0 Å². The molecule has 0 bridgehead atoms. The van der Waals surface area contributed by atoms with E-state index in [-0.39, 0.29) is 18.5 Å². The van der Waals surface area contributed by atoms with Gasteiger partial charge in [-0.2, -0.15) is 0 Å². The molecular weight excluding hydrogens is 1080 g/mol. The smallest absolute Gasteiger partial charge is 0.305 e. The summed E-state index contributed by atoms with van der Waals surface area (Å²) in [4.78, 5) is 24.7. The summed E-state index contributed by atoms with van der Waals surface area (Å²) in [6.45, 7) is 5.02. The molecule has 0 fully saturated rings.